The lowest BCUT2D eigenvalue weighted by Crippen LogP contribution is -2.20. The van der Waals surface area contributed by atoms with Crippen LogP contribution in [-0.4, -0.2) is 24.2 Å². The van der Waals surface area contributed by atoms with Gasteiger partial charge in [-0.2, -0.15) is 0 Å². The molecule has 0 aromatic heterocycles. The molecule has 4 heteroatoms. The first-order valence-electron chi connectivity index (χ1n) is 7.44. The molecule has 1 heterocycles. The minimum absolute atomic E-state index is 0.0284. The molecular weight excluding hydrogens is 278 g/mol. The van der Waals surface area contributed by atoms with E-state index in [0.29, 0.717) is 19.7 Å². The highest BCUT2D eigenvalue weighted by atomic mass is 16.5. The number of carbonyl (C=O) groups is 1. The van der Waals surface area contributed by atoms with Gasteiger partial charge in [0.2, 0.25) is 0 Å². The SMILES string of the molecule is O=C(O)C1CNCC1c1ccc(OCc2ccccc2)cc1. The van der Waals surface area contributed by atoms with Gasteiger partial charge < -0.3 is 15.2 Å². The highest BCUT2D eigenvalue weighted by Gasteiger charge is 2.33. The molecule has 2 unspecified atom stereocenters. The lowest BCUT2D eigenvalue weighted by Gasteiger charge is -2.15. The first-order valence-corrected chi connectivity index (χ1v) is 7.44. The Morgan fingerprint density at radius 3 is 2.50 bits per heavy atom. The van der Waals surface area contributed by atoms with Crippen LogP contribution in [0.5, 0.6) is 5.75 Å². The molecule has 0 saturated carbocycles. The first kappa shape index (κ1) is 14.6. The Hall–Kier alpha value is -2.33. The first-order chi connectivity index (χ1) is 10.7. The van der Waals surface area contributed by atoms with Crippen LogP contribution in [0.3, 0.4) is 0 Å². The summed E-state index contributed by atoms with van der Waals surface area (Å²) in [6, 6.07) is 17.8. The van der Waals surface area contributed by atoms with E-state index in [9.17, 15) is 9.90 Å². The van der Waals surface area contributed by atoms with Crippen molar-refractivity contribution in [2.75, 3.05) is 13.1 Å². The van der Waals surface area contributed by atoms with Crippen LogP contribution in [0.1, 0.15) is 17.0 Å². The molecule has 0 spiro atoms. The van der Waals surface area contributed by atoms with Gasteiger partial charge in [0.15, 0.2) is 0 Å². The number of aliphatic carboxylic acids is 1. The van der Waals surface area contributed by atoms with Gasteiger partial charge in [-0.3, -0.25) is 4.79 Å². The van der Waals surface area contributed by atoms with Crippen molar-refractivity contribution < 1.29 is 14.6 Å². The van der Waals surface area contributed by atoms with Crippen molar-refractivity contribution in [3.8, 4) is 5.75 Å². The Kier molecular flexibility index (Phi) is 4.39. The zero-order valence-corrected chi connectivity index (χ0v) is 12.2. The maximum atomic E-state index is 11.2. The van der Waals surface area contributed by atoms with Crippen molar-refractivity contribution >= 4 is 5.97 Å². The van der Waals surface area contributed by atoms with E-state index in [-0.39, 0.29) is 11.8 Å². The van der Waals surface area contributed by atoms with Crippen molar-refractivity contribution in [2.45, 2.75) is 12.5 Å². The van der Waals surface area contributed by atoms with Crippen LogP contribution in [0.15, 0.2) is 54.6 Å². The normalized spacial score (nSPS) is 20.7. The maximum absolute atomic E-state index is 11.2. The largest absolute Gasteiger partial charge is 0.489 e. The van der Waals surface area contributed by atoms with Crippen LogP contribution in [0, 0.1) is 5.92 Å². The minimum atomic E-state index is -0.737. The number of carboxylic acid groups (broad SMARTS) is 1. The molecule has 0 amide bonds. The zero-order valence-electron chi connectivity index (χ0n) is 12.2. The van der Waals surface area contributed by atoms with E-state index in [1.807, 2.05) is 54.6 Å². The van der Waals surface area contributed by atoms with Crippen LogP contribution in [0.4, 0.5) is 0 Å². The topological polar surface area (TPSA) is 58.6 Å². The number of benzene rings is 2. The quantitative estimate of drug-likeness (QED) is 0.891. The molecule has 2 N–H and O–H groups in total. The van der Waals surface area contributed by atoms with Gasteiger partial charge in [0, 0.05) is 19.0 Å². The van der Waals surface area contributed by atoms with Crippen molar-refractivity contribution in [3.05, 3.63) is 65.7 Å². The fourth-order valence-corrected chi connectivity index (χ4v) is 2.84. The summed E-state index contributed by atoms with van der Waals surface area (Å²) < 4.78 is 5.75. The second kappa shape index (κ2) is 6.62. The van der Waals surface area contributed by atoms with Crippen LogP contribution in [0.2, 0.25) is 0 Å². The molecule has 0 radical (unpaired) electrons. The molecule has 0 bridgehead atoms. The summed E-state index contributed by atoms with van der Waals surface area (Å²) in [7, 11) is 0. The molecule has 2 atom stereocenters. The Morgan fingerprint density at radius 2 is 1.82 bits per heavy atom. The molecule has 1 aliphatic rings. The van der Waals surface area contributed by atoms with Gasteiger partial charge in [-0.1, -0.05) is 42.5 Å². The van der Waals surface area contributed by atoms with Gasteiger partial charge in [0.05, 0.1) is 5.92 Å². The summed E-state index contributed by atoms with van der Waals surface area (Å²) >= 11 is 0. The number of rotatable bonds is 5. The average Bonchev–Trinajstić information content (AvgIpc) is 3.04. The van der Waals surface area contributed by atoms with E-state index < -0.39 is 5.97 Å². The van der Waals surface area contributed by atoms with E-state index in [4.69, 9.17) is 4.74 Å². The van der Waals surface area contributed by atoms with Gasteiger partial charge >= 0.3 is 5.97 Å². The van der Waals surface area contributed by atoms with Crippen molar-refractivity contribution in [2.24, 2.45) is 5.92 Å². The third-order valence-corrected chi connectivity index (χ3v) is 4.09. The Balaban J connectivity index is 1.64. The van der Waals surface area contributed by atoms with E-state index >= 15 is 0 Å². The standard InChI is InChI=1S/C18H19NO3/c20-18(21)17-11-19-10-16(17)14-6-8-15(9-7-14)22-12-13-4-2-1-3-5-13/h1-9,16-17,19H,10-12H2,(H,20,21). The highest BCUT2D eigenvalue weighted by Crippen LogP contribution is 2.29. The van der Waals surface area contributed by atoms with E-state index in [1.165, 1.54) is 0 Å². The van der Waals surface area contributed by atoms with E-state index in [2.05, 4.69) is 5.32 Å². The molecule has 2 aromatic rings. The highest BCUT2D eigenvalue weighted by molar-refractivity contribution is 5.72. The fraction of sp³-hybridized carbons (Fsp3) is 0.278. The zero-order chi connectivity index (χ0) is 15.4. The van der Waals surface area contributed by atoms with Crippen molar-refractivity contribution in [3.63, 3.8) is 0 Å². The third kappa shape index (κ3) is 3.28. The Labute approximate surface area is 129 Å². The number of hydrogen-bond donors (Lipinski definition) is 2. The summed E-state index contributed by atoms with van der Waals surface area (Å²) in [6.07, 6.45) is 0. The molecular formula is C18H19NO3. The molecule has 2 aromatic carbocycles. The molecule has 1 aliphatic heterocycles. The van der Waals surface area contributed by atoms with Crippen LogP contribution in [-0.2, 0) is 11.4 Å². The van der Waals surface area contributed by atoms with E-state index in [1.54, 1.807) is 0 Å². The number of carboxylic acids is 1. The second-order valence-electron chi connectivity index (χ2n) is 5.55. The fourth-order valence-electron chi connectivity index (χ4n) is 2.84. The van der Waals surface area contributed by atoms with Crippen LogP contribution >= 0.6 is 0 Å². The third-order valence-electron chi connectivity index (χ3n) is 4.09. The molecule has 1 fully saturated rings. The number of nitrogens with one attached hydrogen (secondary N) is 1. The summed E-state index contributed by atoms with van der Waals surface area (Å²) in [6.45, 7) is 1.77. The van der Waals surface area contributed by atoms with Gasteiger partial charge in [-0.05, 0) is 23.3 Å². The Morgan fingerprint density at radius 1 is 1.09 bits per heavy atom. The average molecular weight is 297 g/mol. The van der Waals surface area contributed by atoms with Gasteiger partial charge in [0.25, 0.3) is 0 Å². The second-order valence-corrected chi connectivity index (χ2v) is 5.55. The minimum Gasteiger partial charge on any atom is -0.489 e. The summed E-state index contributed by atoms with van der Waals surface area (Å²) in [5, 5.41) is 12.4. The van der Waals surface area contributed by atoms with Gasteiger partial charge in [-0.25, -0.2) is 0 Å². The number of hydrogen-bond acceptors (Lipinski definition) is 3. The van der Waals surface area contributed by atoms with Crippen LogP contribution in [0.25, 0.3) is 0 Å². The van der Waals surface area contributed by atoms with Gasteiger partial charge in [0.1, 0.15) is 12.4 Å². The summed E-state index contributed by atoms with van der Waals surface area (Å²) in [4.78, 5) is 11.2. The van der Waals surface area contributed by atoms with Gasteiger partial charge in [-0.15, -0.1) is 0 Å². The smallest absolute Gasteiger partial charge is 0.308 e. The molecule has 1 saturated heterocycles. The lowest BCUT2D eigenvalue weighted by molar-refractivity contribution is -0.141. The number of ether oxygens (including phenoxy) is 1. The van der Waals surface area contributed by atoms with Crippen molar-refractivity contribution in [1.29, 1.82) is 0 Å². The monoisotopic (exact) mass is 297 g/mol. The molecule has 22 heavy (non-hydrogen) atoms. The molecule has 114 valence electrons. The maximum Gasteiger partial charge on any atom is 0.308 e. The summed E-state index contributed by atoms with van der Waals surface area (Å²) in [5.41, 5.74) is 2.17. The van der Waals surface area contributed by atoms with E-state index in [0.717, 1.165) is 16.9 Å². The van der Waals surface area contributed by atoms with Crippen LogP contribution < -0.4 is 10.1 Å². The lowest BCUT2D eigenvalue weighted by atomic mass is 9.89. The predicted molar refractivity (Wildman–Crippen MR) is 84.0 cm³/mol. The molecule has 4 nitrogen and oxygen atoms in total. The predicted octanol–water partition coefficient (Wildman–Crippen LogP) is 2.65. The molecule has 3 rings (SSSR count). The van der Waals surface area contributed by atoms with Crippen molar-refractivity contribution in [1.82, 2.24) is 5.32 Å². The Bertz CT molecular complexity index is 625. The summed E-state index contributed by atoms with van der Waals surface area (Å²) in [5.74, 6) is -0.262. The molecule has 0 aliphatic carbocycles.